The van der Waals surface area contributed by atoms with Gasteiger partial charge in [-0.15, -0.1) is 0 Å². The van der Waals surface area contributed by atoms with Gasteiger partial charge in [0.1, 0.15) is 0 Å². The fraction of sp³-hybridized carbons (Fsp3) is 0.140. The third-order valence-electron chi connectivity index (χ3n) is 10.8. The monoisotopic (exact) mass is 806 g/mol. The standard InChI is InChI=1S/C43H26Cl4N2O6/c1-16(2)20-6-5-7-21(17(3)4)38(20)49-41(52)24-14-28(46)34-32-26(44)12-22-30-23(40(51)48(39(22)50)19-10-8-18(9-11-19)43(54)55)13-27(45)33(36(30)32)35-29(47)15-25(42(49)53)31(24)37(34)35/h5-17H,1-4H3,(H,54,55). The number of carbonyl (C=O) groups is 5. The summed E-state index contributed by atoms with van der Waals surface area (Å²) in [5.74, 6) is -3.64. The van der Waals surface area contributed by atoms with Crippen LogP contribution in [0, 0.1) is 0 Å². The lowest BCUT2D eigenvalue weighted by Crippen LogP contribution is -2.42. The van der Waals surface area contributed by atoms with E-state index in [0.717, 1.165) is 16.0 Å². The van der Waals surface area contributed by atoms with Gasteiger partial charge in [0.2, 0.25) is 0 Å². The van der Waals surface area contributed by atoms with Crippen molar-refractivity contribution < 1.29 is 29.1 Å². The first-order chi connectivity index (χ1) is 26.1. The molecule has 2 aliphatic rings. The van der Waals surface area contributed by atoms with Crippen LogP contribution in [-0.2, 0) is 0 Å². The highest BCUT2D eigenvalue weighted by Gasteiger charge is 2.41. The molecule has 8 nitrogen and oxygen atoms in total. The molecular formula is C43H26Cl4N2O6. The van der Waals surface area contributed by atoms with Gasteiger partial charge >= 0.3 is 5.97 Å². The third kappa shape index (κ3) is 4.69. The lowest BCUT2D eigenvalue weighted by molar-refractivity contribution is 0.0695. The zero-order chi connectivity index (χ0) is 39.1. The number of carboxylic acid groups (broad SMARTS) is 1. The third-order valence-corrected chi connectivity index (χ3v) is 12.0. The van der Waals surface area contributed by atoms with E-state index in [9.17, 15) is 29.1 Å². The second kappa shape index (κ2) is 12.1. The van der Waals surface area contributed by atoms with Crippen LogP contribution >= 0.6 is 46.4 Å². The molecule has 55 heavy (non-hydrogen) atoms. The van der Waals surface area contributed by atoms with Crippen LogP contribution in [0.1, 0.15) is 102 Å². The number of amides is 4. The minimum Gasteiger partial charge on any atom is -0.478 e. The molecule has 272 valence electrons. The van der Waals surface area contributed by atoms with E-state index in [1.165, 1.54) is 53.4 Å². The number of anilines is 2. The SMILES string of the molecule is CC(C)c1cccc(C(C)C)c1N1C(=O)c2cc(Cl)c3c4c(Cl)cc5c6c(cc(Cl)c(c7c(Cl)cc(c2c37)C1=O)c64)C(=O)N(c1ccc(C(=O)O)cc1)C5=O. The maximum Gasteiger partial charge on any atom is 0.335 e. The smallest absolute Gasteiger partial charge is 0.335 e. The first-order valence-electron chi connectivity index (χ1n) is 17.4. The van der Waals surface area contributed by atoms with Crippen molar-refractivity contribution in [2.75, 3.05) is 9.80 Å². The number of para-hydroxylation sites is 1. The maximum absolute atomic E-state index is 14.8. The van der Waals surface area contributed by atoms with Gasteiger partial charge in [-0.25, -0.2) is 14.6 Å². The first-order valence-corrected chi connectivity index (χ1v) is 18.9. The fourth-order valence-electron chi connectivity index (χ4n) is 8.42. The average Bonchev–Trinajstić information content (AvgIpc) is 3.14. The number of hydrogen-bond acceptors (Lipinski definition) is 5. The Morgan fingerprint density at radius 1 is 0.509 bits per heavy atom. The molecule has 7 aromatic rings. The molecule has 0 fully saturated rings. The van der Waals surface area contributed by atoms with Crippen molar-refractivity contribution in [3.05, 3.63) is 126 Å². The van der Waals surface area contributed by atoms with Crippen LogP contribution in [0.15, 0.2) is 66.7 Å². The number of fused-ring (bicyclic) bond motifs is 2. The van der Waals surface area contributed by atoms with Crippen LogP contribution in [0.5, 0.6) is 0 Å². The van der Waals surface area contributed by atoms with E-state index in [2.05, 4.69) is 0 Å². The van der Waals surface area contributed by atoms with Crippen LogP contribution < -0.4 is 9.80 Å². The molecule has 0 saturated heterocycles. The van der Waals surface area contributed by atoms with Gasteiger partial charge in [0.25, 0.3) is 23.6 Å². The number of rotatable bonds is 5. The molecule has 0 aliphatic carbocycles. The molecule has 0 bridgehead atoms. The molecule has 1 N–H and O–H groups in total. The van der Waals surface area contributed by atoms with Gasteiger partial charge in [0, 0.05) is 63.2 Å². The van der Waals surface area contributed by atoms with E-state index in [-0.39, 0.29) is 70.8 Å². The van der Waals surface area contributed by atoms with Crippen molar-refractivity contribution in [3.63, 3.8) is 0 Å². The molecule has 9 rings (SSSR count). The number of hydrogen-bond donors (Lipinski definition) is 1. The Kier molecular flexibility index (Phi) is 7.81. The summed E-state index contributed by atoms with van der Waals surface area (Å²) < 4.78 is 0. The maximum atomic E-state index is 14.8. The predicted octanol–water partition coefficient (Wildman–Crippen LogP) is 11.9. The summed E-state index contributed by atoms with van der Waals surface area (Å²) >= 11 is 28.6. The summed E-state index contributed by atoms with van der Waals surface area (Å²) in [6, 6.07) is 17.1. The number of carbonyl (C=O) groups excluding carboxylic acids is 4. The van der Waals surface area contributed by atoms with E-state index in [0.29, 0.717) is 43.4 Å². The highest BCUT2D eigenvalue weighted by molar-refractivity contribution is 6.57. The van der Waals surface area contributed by atoms with Gasteiger partial charge in [-0.2, -0.15) is 0 Å². The molecule has 0 saturated carbocycles. The van der Waals surface area contributed by atoms with Crippen LogP contribution in [-0.4, -0.2) is 34.7 Å². The van der Waals surface area contributed by atoms with Crippen molar-refractivity contribution in [1.29, 1.82) is 0 Å². The van der Waals surface area contributed by atoms with E-state index < -0.39 is 29.6 Å². The molecule has 7 aromatic carbocycles. The van der Waals surface area contributed by atoms with E-state index in [1.54, 1.807) is 0 Å². The minimum absolute atomic E-state index is 0.00976. The van der Waals surface area contributed by atoms with Gasteiger partial charge < -0.3 is 5.11 Å². The molecule has 4 amide bonds. The summed E-state index contributed by atoms with van der Waals surface area (Å²) in [7, 11) is 0. The Labute approximate surface area is 333 Å². The molecular weight excluding hydrogens is 782 g/mol. The molecule has 2 heterocycles. The Morgan fingerprint density at radius 3 is 1.18 bits per heavy atom. The van der Waals surface area contributed by atoms with Crippen LogP contribution in [0.25, 0.3) is 43.1 Å². The quantitative estimate of drug-likeness (QED) is 0.105. The zero-order valence-corrected chi connectivity index (χ0v) is 32.4. The van der Waals surface area contributed by atoms with Crippen molar-refractivity contribution in [1.82, 2.24) is 0 Å². The topological polar surface area (TPSA) is 112 Å². The Bertz CT molecular complexity index is 2830. The lowest BCUT2D eigenvalue weighted by atomic mass is 9.81. The number of imide groups is 2. The van der Waals surface area contributed by atoms with Crippen LogP contribution in [0.4, 0.5) is 11.4 Å². The largest absolute Gasteiger partial charge is 0.478 e. The van der Waals surface area contributed by atoms with Crippen molar-refractivity contribution in [2.24, 2.45) is 0 Å². The number of nitrogens with zero attached hydrogens (tertiary/aromatic N) is 2. The second-order valence-corrected chi connectivity index (χ2v) is 16.1. The normalized spacial score (nSPS) is 14.4. The molecule has 0 aromatic heterocycles. The van der Waals surface area contributed by atoms with Gasteiger partial charge in [0.05, 0.1) is 39.2 Å². The first kappa shape index (κ1) is 35.5. The number of benzene rings is 7. The molecule has 0 spiro atoms. The Morgan fingerprint density at radius 2 is 0.855 bits per heavy atom. The van der Waals surface area contributed by atoms with E-state index in [1.807, 2.05) is 45.9 Å². The summed E-state index contributed by atoms with van der Waals surface area (Å²) in [5.41, 5.74) is 2.94. The minimum atomic E-state index is -1.16. The summed E-state index contributed by atoms with van der Waals surface area (Å²) in [5, 5.41) is 12.8. The zero-order valence-electron chi connectivity index (χ0n) is 29.4. The number of halogens is 4. The summed E-state index contributed by atoms with van der Waals surface area (Å²) in [6.07, 6.45) is 0. The van der Waals surface area contributed by atoms with Gasteiger partial charge in [-0.05, 0) is 71.5 Å². The van der Waals surface area contributed by atoms with Crippen molar-refractivity contribution in [3.8, 4) is 0 Å². The Balaban J connectivity index is 1.36. The van der Waals surface area contributed by atoms with Crippen LogP contribution in [0.3, 0.4) is 0 Å². The summed E-state index contributed by atoms with van der Waals surface area (Å²) in [4.78, 5) is 71.6. The van der Waals surface area contributed by atoms with Crippen LogP contribution in [0.2, 0.25) is 20.1 Å². The molecule has 0 atom stereocenters. The van der Waals surface area contributed by atoms with E-state index in [4.69, 9.17) is 46.4 Å². The number of aromatic carboxylic acids is 1. The second-order valence-electron chi connectivity index (χ2n) is 14.5. The molecule has 2 aliphatic heterocycles. The number of carboxylic acids is 1. The van der Waals surface area contributed by atoms with Gasteiger partial charge in [-0.3, -0.25) is 19.2 Å². The van der Waals surface area contributed by atoms with Crippen molar-refractivity contribution >= 4 is 130 Å². The van der Waals surface area contributed by atoms with Gasteiger partial charge in [0.15, 0.2) is 0 Å². The summed E-state index contributed by atoms with van der Waals surface area (Å²) in [6.45, 7) is 8.03. The molecule has 12 heteroatoms. The average molecular weight is 809 g/mol. The van der Waals surface area contributed by atoms with Gasteiger partial charge in [-0.1, -0.05) is 92.3 Å². The molecule has 0 radical (unpaired) electrons. The fourth-order valence-corrected chi connectivity index (χ4v) is 9.61. The highest BCUT2D eigenvalue weighted by Crippen LogP contribution is 2.54. The molecule has 0 unspecified atom stereocenters. The van der Waals surface area contributed by atoms with Crippen molar-refractivity contribution in [2.45, 2.75) is 39.5 Å². The Hall–Kier alpha value is -5.25. The highest BCUT2D eigenvalue weighted by atomic mass is 35.5. The van der Waals surface area contributed by atoms with E-state index >= 15 is 0 Å². The lowest BCUT2D eigenvalue weighted by Gasteiger charge is -2.33. The predicted molar refractivity (Wildman–Crippen MR) is 218 cm³/mol.